The second-order valence-electron chi connectivity index (χ2n) is 4.91. The third kappa shape index (κ3) is 1.28. The van der Waals surface area contributed by atoms with Crippen LogP contribution in [0.5, 0.6) is 0 Å². The van der Waals surface area contributed by atoms with Crippen molar-refractivity contribution < 1.29 is 4.79 Å². The quantitative estimate of drug-likeness (QED) is 0.673. The Morgan fingerprint density at radius 1 is 1.40 bits per heavy atom. The zero-order valence-electron chi connectivity index (χ0n) is 10.1. The Labute approximate surface area is 96.1 Å². The molecule has 0 aromatic carbocycles. The van der Waals surface area contributed by atoms with Crippen LogP contribution in [0.25, 0.3) is 0 Å². The molecule has 84 valence electrons. The van der Waals surface area contributed by atoms with Gasteiger partial charge in [-0.2, -0.15) is 0 Å². The van der Waals surface area contributed by atoms with Crippen molar-refractivity contribution in [3.05, 3.63) is 10.6 Å². The summed E-state index contributed by atoms with van der Waals surface area (Å²) in [5.41, 5.74) is 1.20. The third-order valence-corrected chi connectivity index (χ3v) is 4.88. The van der Waals surface area contributed by atoms with Crippen molar-refractivity contribution in [2.24, 2.45) is 17.8 Å². The molecule has 1 saturated heterocycles. The summed E-state index contributed by atoms with van der Waals surface area (Å²) in [5, 5.41) is 0. The normalized spacial score (nSPS) is 34.9. The Bertz CT molecular complexity index is 335. The summed E-state index contributed by atoms with van der Waals surface area (Å²) >= 11 is 1.80. The Balaban J connectivity index is 2.29. The van der Waals surface area contributed by atoms with Crippen molar-refractivity contribution >= 4 is 17.7 Å². The molecule has 3 heteroatoms. The Morgan fingerprint density at radius 3 is 2.47 bits per heavy atom. The highest BCUT2D eigenvalue weighted by atomic mass is 32.2. The van der Waals surface area contributed by atoms with Gasteiger partial charge in [-0.25, -0.2) is 0 Å². The minimum atomic E-state index is 0.250. The van der Waals surface area contributed by atoms with E-state index in [1.54, 1.807) is 11.8 Å². The van der Waals surface area contributed by atoms with Crippen LogP contribution in [0.2, 0.25) is 0 Å². The molecular weight excluding hydrogens is 206 g/mol. The molecule has 2 aliphatic heterocycles. The van der Waals surface area contributed by atoms with Gasteiger partial charge < -0.3 is 4.90 Å². The molecule has 0 N–H and O–H groups in total. The Morgan fingerprint density at radius 2 is 2.00 bits per heavy atom. The number of β-lactam (4-membered cyclic amide) rings is 1. The summed E-state index contributed by atoms with van der Waals surface area (Å²) in [6, 6.07) is 0.444. The number of nitrogens with zero attached hydrogens (tertiary/aromatic N) is 1. The van der Waals surface area contributed by atoms with Gasteiger partial charge in [0.05, 0.1) is 12.0 Å². The fourth-order valence-corrected chi connectivity index (χ4v) is 3.98. The first-order chi connectivity index (χ1) is 7.00. The van der Waals surface area contributed by atoms with Gasteiger partial charge in [0, 0.05) is 16.5 Å². The first-order valence-corrected chi connectivity index (χ1v) is 6.81. The van der Waals surface area contributed by atoms with E-state index in [4.69, 9.17) is 0 Å². The number of thioether (sulfide) groups is 1. The third-order valence-electron chi connectivity index (χ3n) is 3.77. The van der Waals surface area contributed by atoms with Crippen LogP contribution in [0.15, 0.2) is 10.6 Å². The van der Waals surface area contributed by atoms with Gasteiger partial charge in [0.1, 0.15) is 0 Å². The van der Waals surface area contributed by atoms with Crippen LogP contribution in [0, 0.1) is 17.8 Å². The van der Waals surface area contributed by atoms with Crippen molar-refractivity contribution in [1.29, 1.82) is 0 Å². The topological polar surface area (TPSA) is 20.3 Å². The van der Waals surface area contributed by atoms with E-state index in [9.17, 15) is 4.79 Å². The molecule has 1 fully saturated rings. The van der Waals surface area contributed by atoms with E-state index in [0.29, 0.717) is 23.8 Å². The zero-order valence-corrected chi connectivity index (χ0v) is 10.9. The largest absolute Gasteiger partial charge is 0.311 e. The summed E-state index contributed by atoms with van der Waals surface area (Å²) in [6.45, 7) is 8.64. The fourth-order valence-electron chi connectivity index (χ4n) is 3.07. The van der Waals surface area contributed by atoms with Crippen molar-refractivity contribution in [3.8, 4) is 0 Å². The van der Waals surface area contributed by atoms with Gasteiger partial charge in [-0.15, -0.1) is 11.8 Å². The summed E-state index contributed by atoms with van der Waals surface area (Å²) in [5.74, 6) is 1.59. The van der Waals surface area contributed by atoms with Crippen molar-refractivity contribution in [3.63, 3.8) is 0 Å². The highest BCUT2D eigenvalue weighted by Crippen LogP contribution is 2.50. The molecule has 2 heterocycles. The van der Waals surface area contributed by atoms with Crippen LogP contribution in [-0.2, 0) is 4.79 Å². The lowest BCUT2D eigenvalue weighted by atomic mass is 9.75. The van der Waals surface area contributed by atoms with Crippen LogP contribution < -0.4 is 0 Å². The fraction of sp³-hybridized carbons (Fsp3) is 0.750. The number of carbonyl (C=O) groups is 1. The second kappa shape index (κ2) is 3.55. The van der Waals surface area contributed by atoms with Crippen molar-refractivity contribution in [1.82, 2.24) is 4.90 Å². The van der Waals surface area contributed by atoms with Gasteiger partial charge in [-0.3, -0.25) is 4.79 Å². The first kappa shape index (κ1) is 11.1. The molecule has 2 nitrogen and oxygen atoms in total. The molecule has 0 spiro atoms. The second-order valence-corrected chi connectivity index (χ2v) is 5.76. The molecule has 0 radical (unpaired) electrons. The summed E-state index contributed by atoms with van der Waals surface area (Å²) < 4.78 is 0. The maximum atomic E-state index is 12.0. The van der Waals surface area contributed by atoms with Crippen LogP contribution in [0.3, 0.4) is 0 Å². The van der Waals surface area contributed by atoms with E-state index in [2.05, 4.69) is 34.0 Å². The lowest BCUT2D eigenvalue weighted by Crippen LogP contribution is -2.61. The van der Waals surface area contributed by atoms with E-state index in [0.717, 1.165) is 0 Å². The summed E-state index contributed by atoms with van der Waals surface area (Å²) in [4.78, 5) is 15.4. The van der Waals surface area contributed by atoms with E-state index < -0.39 is 0 Å². The molecule has 2 rings (SSSR count). The highest BCUT2D eigenvalue weighted by Gasteiger charge is 2.56. The molecule has 0 saturated carbocycles. The van der Waals surface area contributed by atoms with Gasteiger partial charge in [0.25, 0.3) is 0 Å². The number of fused-ring (bicyclic) bond motifs is 1. The maximum Gasteiger partial charge on any atom is 0.232 e. The standard InChI is InChI=1S/C12H19NOS/c1-6(2)9-10-7(3)11(15-5)8(4)13(10)12(9)14/h6-7,9-10H,1-5H3/t7-,9-,10-/m1/s1. The number of hydrogen-bond acceptors (Lipinski definition) is 2. The molecular formula is C12H19NOS. The Hall–Kier alpha value is -0.440. The first-order valence-electron chi connectivity index (χ1n) is 5.58. The average Bonchev–Trinajstić information content (AvgIpc) is 2.33. The number of carbonyl (C=O) groups excluding carboxylic acids is 1. The highest BCUT2D eigenvalue weighted by molar-refractivity contribution is 8.02. The zero-order chi connectivity index (χ0) is 11.3. The van der Waals surface area contributed by atoms with Gasteiger partial charge >= 0.3 is 0 Å². The molecule has 15 heavy (non-hydrogen) atoms. The van der Waals surface area contributed by atoms with Crippen LogP contribution in [-0.4, -0.2) is 23.1 Å². The molecule has 3 atom stereocenters. The van der Waals surface area contributed by atoms with E-state index in [-0.39, 0.29) is 5.92 Å². The predicted molar refractivity (Wildman–Crippen MR) is 64.3 cm³/mol. The molecule has 0 aromatic rings. The van der Waals surface area contributed by atoms with E-state index >= 15 is 0 Å². The monoisotopic (exact) mass is 225 g/mol. The smallest absolute Gasteiger partial charge is 0.232 e. The number of allylic oxidation sites excluding steroid dienone is 1. The minimum absolute atomic E-state index is 0.250. The SMILES string of the molecule is CSC1=C(C)N2C(=O)[C@H](C(C)C)[C@H]2[C@H]1C. The Kier molecular flexibility index (Phi) is 2.61. The van der Waals surface area contributed by atoms with E-state index in [1.165, 1.54) is 10.6 Å². The molecule has 0 unspecified atom stereocenters. The lowest BCUT2D eigenvalue weighted by Gasteiger charge is -2.47. The van der Waals surface area contributed by atoms with Gasteiger partial charge in [0.15, 0.2) is 0 Å². The number of rotatable bonds is 2. The molecule has 0 aliphatic carbocycles. The molecule has 0 aromatic heterocycles. The van der Waals surface area contributed by atoms with Crippen LogP contribution in [0.4, 0.5) is 0 Å². The maximum absolute atomic E-state index is 12.0. The molecule has 2 aliphatic rings. The number of hydrogen-bond donors (Lipinski definition) is 0. The minimum Gasteiger partial charge on any atom is -0.311 e. The van der Waals surface area contributed by atoms with Gasteiger partial charge in [-0.1, -0.05) is 20.8 Å². The van der Waals surface area contributed by atoms with Crippen LogP contribution >= 0.6 is 11.8 Å². The molecule has 1 amide bonds. The number of amides is 1. The predicted octanol–water partition coefficient (Wildman–Crippen LogP) is 2.71. The van der Waals surface area contributed by atoms with Gasteiger partial charge in [-0.05, 0) is 19.1 Å². The lowest BCUT2D eigenvalue weighted by molar-refractivity contribution is -0.155. The molecule has 0 bridgehead atoms. The average molecular weight is 225 g/mol. The van der Waals surface area contributed by atoms with Crippen LogP contribution in [0.1, 0.15) is 27.7 Å². The van der Waals surface area contributed by atoms with E-state index in [1.807, 2.05) is 4.90 Å². The van der Waals surface area contributed by atoms with Crippen molar-refractivity contribution in [2.75, 3.05) is 6.26 Å². The van der Waals surface area contributed by atoms with Gasteiger partial charge in [0.2, 0.25) is 5.91 Å². The van der Waals surface area contributed by atoms with Crippen molar-refractivity contribution in [2.45, 2.75) is 33.7 Å². The summed E-state index contributed by atoms with van der Waals surface area (Å²) in [7, 11) is 0. The summed E-state index contributed by atoms with van der Waals surface area (Å²) in [6.07, 6.45) is 2.11.